The van der Waals surface area contributed by atoms with Gasteiger partial charge in [0.2, 0.25) is 5.79 Å². The van der Waals surface area contributed by atoms with Gasteiger partial charge in [0.25, 0.3) is 11.7 Å². The molecule has 1 amide bonds. The summed E-state index contributed by atoms with van der Waals surface area (Å²) in [6, 6.07) is -1.16. The maximum atomic E-state index is 14.5. The zero-order valence-electron chi connectivity index (χ0n) is 43.4. The molecule has 3 aliphatic heterocycles. The van der Waals surface area contributed by atoms with Crippen LogP contribution in [0.5, 0.6) is 0 Å². The molecule has 1 aliphatic carbocycles. The van der Waals surface area contributed by atoms with Gasteiger partial charge in [-0.2, -0.15) is 0 Å². The molecule has 2 bridgehead atoms. The van der Waals surface area contributed by atoms with Crippen molar-refractivity contribution >= 4 is 36.6 Å². The number of piperidine rings is 1. The van der Waals surface area contributed by atoms with Crippen molar-refractivity contribution in [3.63, 3.8) is 0 Å². The van der Waals surface area contributed by atoms with E-state index in [1.165, 1.54) is 12.0 Å². The summed E-state index contributed by atoms with van der Waals surface area (Å²) in [6.07, 6.45) is 11.4. The number of aliphatic hydroxyl groups is 2. The topological polar surface area (TPSA) is 201 Å². The second-order valence-electron chi connectivity index (χ2n) is 20.9. The van der Waals surface area contributed by atoms with Crippen molar-refractivity contribution in [3.05, 3.63) is 47.6 Å². The Morgan fingerprint density at radius 2 is 1.57 bits per heavy atom. The Bertz CT molecular complexity index is 1940. The highest BCUT2D eigenvalue weighted by Gasteiger charge is 2.53. The van der Waals surface area contributed by atoms with Gasteiger partial charge in [-0.1, -0.05) is 71.1 Å². The van der Waals surface area contributed by atoms with Crippen LogP contribution in [0.3, 0.4) is 0 Å². The summed E-state index contributed by atoms with van der Waals surface area (Å²) < 4.78 is 48.2. The molecule has 0 radical (unpaired) electrons. The first kappa shape index (κ1) is 58.4. The number of allylic oxidation sites excluding steroid dienone is 6. The highest BCUT2D eigenvalue weighted by Crippen LogP contribution is 2.45. The number of ether oxygens (including phenoxy) is 5. The van der Waals surface area contributed by atoms with Crippen molar-refractivity contribution in [1.82, 2.24) is 4.90 Å². The monoisotopic (exact) mass is 990 g/mol. The molecular formula is C53H84NO14P. The van der Waals surface area contributed by atoms with Crippen LogP contribution in [0.4, 0.5) is 0 Å². The summed E-state index contributed by atoms with van der Waals surface area (Å²) in [6.45, 7) is 15.9. The fourth-order valence-electron chi connectivity index (χ4n) is 10.5. The Labute approximate surface area is 411 Å². The zero-order valence-corrected chi connectivity index (χ0v) is 44.3. The van der Waals surface area contributed by atoms with Crippen LogP contribution in [0.25, 0.3) is 0 Å². The van der Waals surface area contributed by atoms with Crippen LogP contribution in [0.1, 0.15) is 126 Å². The zero-order chi connectivity index (χ0) is 51.4. The highest BCUT2D eigenvalue weighted by atomic mass is 31.2. The lowest BCUT2D eigenvalue weighted by Crippen LogP contribution is -2.61. The Morgan fingerprint density at radius 3 is 2.22 bits per heavy atom. The van der Waals surface area contributed by atoms with Crippen LogP contribution in [0.2, 0.25) is 0 Å². The van der Waals surface area contributed by atoms with E-state index in [1.54, 1.807) is 54.4 Å². The van der Waals surface area contributed by atoms with Crippen molar-refractivity contribution in [1.29, 1.82) is 0 Å². The molecule has 0 aromatic carbocycles. The smallest absolute Gasteiger partial charge is 0.329 e. The molecule has 3 heterocycles. The molecule has 69 heavy (non-hydrogen) atoms. The molecule has 15 nitrogen and oxygen atoms in total. The number of ketones is 3. The van der Waals surface area contributed by atoms with Crippen LogP contribution in [0, 0.1) is 35.5 Å². The first-order valence-electron chi connectivity index (χ1n) is 25.2. The number of carbonyl (C=O) groups excluding carboxylic acids is 5. The molecule has 16 heteroatoms. The molecule has 2 N–H and O–H groups in total. The van der Waals surface area contributed by atoms with Crippen LogP contribution in [-0.4, -0.2) is 140 Å². The average Bonchev–Trinajstić information content (AvgIpc) is 3.30. The molecule has 0 aromatic heterocycles. The Balaban J connectivity index is 1.70. The number of rotatable bonds is 8. The first-order chi connectivity index (χ1) is 32.4. The fourth-order valence-corrected chi connectivity index (χ4v) is 11.4. The molecule has 0 aromatic rings. The van der Waals surface area contributed by atoms with Crippen molar-refractivity contribution in [3.8, 4) is 0 Å². The maximum Gasteiger partial charge on any atom is 0.329 e. The lowest BCUT2D eigenvalue weighted by molar-refractivity contribution is -0.265. The van der Waals surface area contributed by atoms with Crippen LogP contribution >= 0.6 is 7.37 Å². The highest BCUT2D eigenvalue weighted by molar-refractivity contribution is 7.57. The van der Waals surface area contributed by atoms with Gasteiger partial charge in [0, 0.05) is 71.8 Å². The lowest BCUT2D eigenvalue weighted by Gasteiger charge is -2.42. The second-order valence-corrected chi connectivity index (χ2v) is 23.6. The number of esters is 1. The van der Waals surface area contributed by atoms with E-state index in [9.17, 15) is 38.8 Å². The minimum absolute atomic E-state index is 0.0117. The summed E-state index contributed by atoms with van der Waals surface area (Å²) in [5.74, 6) is -8.11. The second kappa shape index (κ2) is 26.5. The van der Waals surface area contributed by atoms with Gasteiger partial charge < -0.3 is 43.3 Å². The van der Waals surface area contributed by atoms with Crippen LogP contribution < -0.4 is 0 Å². The SMILES string of the molecule is CO[C@H]1C[C@@H]2CC[C@@H](C)[C@@](O)(O2)C(=O)C(=O)N2CCCC[C@H]2C(=O)O[C@H]([C@H](C)C[C@@H]2CC[C@@H](OP(C)(C)=O)[C@H](OC)C2)CC(=O)C(C)/C=C(\C)[C@@H](O)[C@@H](OC)C(=O)[C@H](C)C[C@H](C)/C=C/C=CC=C1C. The number of nitrogens with zero attached hydrogens (tertiary/aromatic N) is 1. The number of fused-ring (bicyclic) bond motifs is 3. The third-order valence-corrected chi connectivity index (χ3v) is 15.6. The predicted octanol–water partition coefficient (Wildman–Crippen LogP) is 7.74. The molecule has 390 valence electrons. The van der Waals surface area contributed by atoms with E-state index in [1.807, 2.05) is 58.1 Å². The molecule has 4 aliphatic rings. The molecule has 2 saturated heterocycles. The quantitative estimate of drug-likeness (QED) is 0.104. The normalized spacial score (nSPS) is 37.8. The van der Waals surface area contributed by atoms with Gasteiger partial charge in [0.05, 0.1) is 24.4 Å². The number of hydrogen-bond acceptors (Lipinski definition) is 14. The molecule has 1 saturated carbocycles. The van der Waals surface area contributed by atoms with Gasteiger partial charge in [-0.25, -0.2) is 4.79 Å². The summed E-state index contributed by atoms with van der Waals surface area (Å²) in [7, 11) is 1.76. The Hall–Kier alpha value is -3.14. The van der Waals surface area contributed by atoms with E-state index in [2.05, 4.69) is 0 Å². The van der Waals surface area contributed by atoms with Gasteiger partial charge in [-0.3, -0.25) is 23.7 Å². The maximum absolute atomic E-state index is 14.5. The van der Waals surface area contributed by atoms with Gasteiger partial charge in [-0.05, 0) is 107 Å². The van der Waals surface area contributed by atoms with E-state index in [0.717, 1.165) is 12.0 Å². The van der Waals surface area contributed by atoms with E-state index >= 15 is 0 Å². The molecule has 0 spiro atoms. The largest absolute Gasteiger partial charge is 0.460 e. The third kappa shape index (κ3) is 16.2. The summed E-state index contributed by atoms with van der Waals surface area (Å²) in [4.78, 5) is 72.2. The van der Waals surface area contributed by atoms with Crippen molar-refractivity contribution in [2.45, 2.75) is 180 Å². The minimum Gasteiger partial charge on any atom is -0.460 e. The number of carbonyl (C=O) groups is 5. The summed E-state index contributed by atoms with van der Waals surface area (Å²) >= 11 is 0. The predicted molar refractivity (Wildman–Crippen MR) is 263 cm³/mol. The molecule has 15 atom stereocenters. The Kier molecular flexibility index (Phi) is 22.5. The number of cyclic esters (lactones) is 1. The molecule has 1 unspecified atom stereocenters. The lowest BCUT2D eigenvalue weighted by atomic mass is 9.78. The van der Waals surface area contributed by atoms with E-state index < -0.39 is 85.1 Å². The van der Waals surface area contributed by atoms with Crippen molar-refractivity contribution < 1.29 is 67.0 Å². The number of hydrogen-bond donors (Lipinski definition) is 2. The van der Waals surface area contributed by atoms with Crippen molar-refractivity contribution in [2.24, 2.45) is 35.5 Å². The molecular weight excluding hydrogens is 906 g/mol. The first-order valence-corrected chi connectivity index (χ1v) is 27.7. The van der Waals surface area contributed by atoms with Gasteiger partial charge in [0.15, 0.2) is 13.2 Å². The Morgan fingerprint density at radius 1 is 0.855 bits per heavy atom. The third-order valence-electron chi connectivity index (χ3n) is 14.8. The number of methoxy groups -OCH3 is 3. The van der Waals surface area contributed by atoms with E-state index in [4.69, 9.17) is 28.2 Å². The van der Waals surface area contributed by atoms with E-state index in [-0.39, 0.29) is 60.9 Å². The molecule has 3 fully saturated rings. The van der Waals surface area contributed by atoms with Crippen LogP contribution in [0.15, 0.2) is 47.6 Å². The number of Topliss-reactive ketones (excluding diaryl/α,β-unsaturated/α-hetero) is 3. The number of amides is 1. The molecule has 4 rings (SSSR count). The average molecular weight is 990 g/mol. The summed E-state index contributed by atoms with van der Waals surface area (Å²) in [5, 5.41) is 23.5. The number of aliphatic hydroxyl groups excluding tert-OH is 1. The fraction of sp³-hybridized carbons (Fsp3) is 0.755. The standard InChI is InChI=1S/C53H84NO14P/c1-32-18-14-13-15-19-33(2)44(63-8)30-40-23-21-38(7)53(61,67-40)50(58)51(59)54-25-17-16-20-41(54)52(60)66-45(35(4)28-39-22-24-43(46(29-39)64-9)68-69(11,12)62)31-42(55)34(3)27-37(6)48(57)49(65-10)47(56)36(5)26-32/h13-15,18-19,27,32,34-36,38-41,43-46,48-49,57,61H,16-17,20-26,28-31H2,1-12H3/b15-13?,18-14+,33-19?,37-27+/t32-,34?,35-,36-,38-,39+,40+,41+,43-,44+,45+,46-,48-,49+,53-/m1/s1. The van der Waals surface area contributed by atoms with Gasteiger partial charge >= 0.3 is 5.97 Å². The van der Waals surface area contributed by atoms with Gasteiger partial charge in [0.1, 0.15) is 30.1 Å². The van der Waals surface area contributed by atoms with Gasteiger partial charge in [-0.15, -0.1) is 0 Å². The summed E-state index contributed by atoms with van der Waals surface area (Å²) in [5.41, 5.74) is 1.25. The minimum atomic E-state index is -2.79. The van der Waals surface area contributed by atoms with E-state index in [0.29, 0.717) is 63.4 Å². The van der Waals surface area contributed by atoms with Crippen LogP contribution in [-0.2, 0) is 56.7 Å². The van der Waals surface area contributed by atoms with Crippen molar-refractivity contribution in [2.75, 3.05) is 41.2 Å².